The molecule has 1 heterocycles. The van der Waals surface area contributed by atoms with E-state index in [-0.39, 0.29) is 23.0 Å². The molecule has 0 radical (unpaired) electrons. The highest BCUT2D eigenvalue weighted by Gasteiger charge is 2.26. The van der Waals surface area contributed by atoms with Crippen LogP contribution in [0, 0.1) is 6.92 Å². The molecule has 0 aliphatic carbocycles. The van der Waals surface area contributed by atoms with Crippen molar-refractivity contribution in [2.45, 2.75) is 18.4 Å². The molecule has 0 saturated heterocycles. The van der Waals surface area contributed by atoms with Crippen LogP contribution in [-0.4, -0.2) is 27.4 Å². The van der Waals surface area contributed by atoms with Gasteiger partial charge >= 0.3 is 5.97 Å². The molecule has 0 aromatic heterocycles. The Labute approximate surface area is 99.3 Å². The van der Waals surface area contributed by atoms with Crippen LogP contribution < -0.4 is 0 Å². The minimum absolute atomic E-state index is 0.162. The number of rotatable bonds is 1. The van der Waals surface area contributed by atoms with Crippen molar-refractivity contribution in [1.29, 1.82) is 0 Å². The zero-order valence-electron chi connectivity index (χ0n) is 9.52. The summed E-state index contributed by atoms with van der Waals surface area (Å²) in [6, 6.07) is 3.02. The molecular formula is C11H12O5S. The van der Waals surface area contributed by atoms with Crippen molar-refractivity contribution in [3.05, 3.63) is 28.8 Å². The van der Waals surface area contributed by atoms with Crippen LogP contribution in [-0.2, 0) is 25.9 Å². The molecular weight excluding hydrogens is 244 g/mol. The normalized spacial score (nSPS) is 17.3. The van der Waals surface area contributed by atoms with Crippen LogP contribution in [0.15, 0.2) is 17.0 Å². The van der Waals surface area contributed by atoms with Gasteiger partial charge in [0.15, 0.2) is 5.94 Å². The summed E-state index contributed by atoms with van der Waals surface area (Å²) in [5.74, 6) is -0.879. The highest BCUT2D eigenvalue weighted by atomic mass is 32.2. The molecule has 0 fully saturated rings. The Bertz CT molecular complexity index is 574. The van der Waals surface area contributed by atoms with Gasteiger partial charge in [0.2, 0.25) is 9.84 Å². The van der Waals surface area contributed by atoms with Crippen molar-refractivity contribution in [3.8, 4) is 0 Å². The summed E-state index contributed by atoms with van der Waals surface area (Å²) >= 11 is 0. The van der Waals surface area contributed by atoms with E-state index in [1.807, 2.05) is 0 Å². The molecule has 0 unspecified atom stereocenters. The van der Waals surface area contributed by atoms with E-state index in [4.69, 9.17) is 4.74 Å². The molecule has 0 saturated carbocycles. The molecule has 0 N–H and O–H groups in total. The third kappa shape index (κ3) is 2.05. The van der Waals surface area contributed by atoms with E-state index >= 15 is 0 Å². The van der Waals surface area contributed by atoms with Crippen LogP contribution in [0.5, 0.6) is 0 Å². The minimum atomic E-state index is -3.45. The maximum atomic E-state index is 11.8. The fourth-order valence-electron chi connectivity index (χ4n) is 1.80. The van der Waals surface area contributed by atoms with Crippen LogP contribution >= 0.6 is 0 Å². The van der Waals surface area contributed by atoms with Gasteiger partial charge < -0.3 is 9.47 Å². The Morgan fingerprint density at radius 3 is 2.76 bits per heavy atom. The Hall–Kier alpha value is -1.40. The summed E-state index contributed by atoms with van der Waals surface area (Å²) in [7, 11) is -2.19. The van der Waals surface area contributed by atoms with Crippen molar-refractivity contribution in [2.24, 2.45) is 0 Å². The first kappa shape index (κ1) is 12.1. The molecule has 17 heavy (non-hydrogen) atoms. The molecule has 92 valence electrons. The number of aryl methyl sites for hydroxylation is 1. The summed E-state index contributed by atoms with van der Waals surface area (Å²) in [4.78, 5) is 11.6. The number of benzene rings is 1. The number of ether oxygens (including phenoxy) is 2. The standard InChI is InChI=1S/C11H12O5S/c1-7-3-8-5-16-6-17(13,14)10(8)4-9(7)11(12)15-2/h3-4H,5-6H2,1-2H3. The van der Waals surface area contributed by atoms with E-state index in [0.717, 1.165) is 0 Å². The molecule has 5 nitrogen and oxygen atoms in total. The fourth-order valence-corrected chi connectivity index (χ4v) is 3.05. The topological polar surface area (TPSA) is 69.7 Å². The smallest absolute Gasteiger partial charge is 0.338 e. The number of sulfone groups is 1. The van der Waals surface area contributed by atoms with Gasteiger partial charge in [0, 0.05) is 0 Å². The van der Waals surface area contributed by atoms with Crippen LogP contribution in [0.3, 0.4) is 0 Å². The summed E-state index contributed by atoms with van der Waals surface area (Å²) < 4.78 is 33.1. The molecule has 0 bridgehead atoms. The van der Waals surface area contributed by atoms with E-state index in [9.17, 15) is 13.2 Å². The van der Waals surface area contributed by atoms with Crippen molar-refractivity contribution >= 4 is 15.8 Å². The average Bonchev–Trinajstić information content (AvgIpc) is 2.27. The Morgan fingerprint density at radius 2 is 2.12 bits per heavy atom. The molecule has 1 aliphatic heterocycles. The highest BCUT2D eigenvalue weighted by Crippen LogP contribution is 2.27. The van der Waals surface area contributed by atoms with Gasteiger partial charge in [-0.1, -0.05) is 6.07 Å². The summed E-state index contributed by atoms with van der Waals surface area (Å²) in [5, 5.41) is 0. The molecule has 0 amide bonds. The lowest BCUT2D eigenvalue weighted by molar-refractivity contribution is 0.0599. The van der Waals surface area contributed by atoms with E-state index in [2.05, 4.69) is 4.74 Å². The third-order valence-electron chi connectivity index (χ3n) is 2.64. The van der Waals surface area contributed by atoms with Crippen molar-refractivity contribution in [2.75, 3.05) is 13.0 Å². The Morgan fingerprint density at radius 1 is 1.41 bits per heavy atom. The number of esters is 1. The average molecular weight is 256 g/mol. The van der Waals surface area contributed by atoms with Gasteiger partial charge in [-0.15, -0.1) is 0 Å². The molecule has 2 rings (SSSR count). The van der Waals surface area contributed by atoms with Gasteiger partial charge in [0.05, 0.1) is 24.2 Å². The quantitative estimate of drug-likeness (QED) is 0.702. The lowest BCUT2D eigenvalue weighted by Gasteiger charge is -2.18. The first-order valence-electron chi connectivity index (χ1n) is 4.98. The second-order valence-electron chi connectivity index (χ2n) is 3.85. The van der Waals surface area contributed by atoms with Gasteiger partial charge in [0.1, 0.15) is 0 Å². The molecule has 1 aliphatic rings. The monoisotopic (exact) mass is 256 g/mol. The lowest BCUT2D eigenvalue weighted by Crippen LogP contribution is -2.20. The molecule has 0 spiro atoms. The first-order valence-corrected chi connectivity index (χ1v) is 6.63. The number of carbonyl (C=O) groups excluding carboxylic acids is 1. The highest BCUT2D eigenvalue weighted by molar-refractivity contribution is 7.91. The van der Waals surface area contributed by atoms with E-state index in [1.54, 1.807) is 13.0 Å². The van der Waals surface area contributed by atoms with Crippen LogP contribution in [0.4, 0.5) is 0 Å². The molecule has 1 aromatic rings. The molecule has 0 atom stereocenters. The summed E-state index contributed by atoms with van der Waals surface area (Å²) in [5.41, 5.74) is 1.54. The van der Waals surface area contributed by atoms with Crippen molar-refractivity contribution in [3.63, 3.8) is 0 Å². The van der Waals surface area contributed by atoms with E-state index < -0.39 is 15.8 Å². The summed E-state index contributed by atoms with van der Waals surface area (Å²) in [6.45, 7) is 1.98. The number of hydrogen-bond donors (Lipinski definition) is 0. The van der Waals surface area contributed by atoms with Gasteiger partial charge in [-0.25, -0.2) is 13.2 Å². The van der Waals surface area contributed by atoms with Gasteiger partial charge in [-0.05, 0) is 24.1 Å². The zero-order chi connectivity index (χ0) is 12.6. The second-order valence-corrected chi connectivity index (χ2v) is 5.75. The third-order valence-corrected chi connectivity index (χ3v) is 4.17. The fraction of sp³-hybridized carbons (Fsp3) is 0.364. The number of hydrogen-bond acceptors (Lipinski definition) is 5. The predicted molar refractivity (Wildman–Crippen MR) is 59.4 cm³/mol. The van der Waals surface area contributed by atoms with Crippen molar-refractivity contribution in [1.82, 2.24) is 0 Å². The Kier molecular flexibility index (Phi) is 2.92. The van der Waals surface area contributed by atoms with Gasteiger partial charge in [-0.2, -0.15) is 0 Å². The van der Waals surface area contributed by atoms with Crippen molar-refractivity contribution < 1.29 is 22.7 Å². The molecule has 6 heteroatoms. The van der Waals surface area contributed by atoms with E-state index in [1.165, 1.54) is 13.2 Å². The summed E-state index contributed by atoms with van der Waals surface area (Å²) in [6.07, 6.45) is 0. The number of carbonyl (C=O) groups is 1. The second kappa shape index (κ2) is 4.12. The maximum absolute atomic E-state index is 11.8. The number of methoxy groups -OCH3 is 1. The Balaban J connectivity index is 2.65. The van der Waals surface area contributed by atoms with Gasteiger partial charge in [0.25, 0.3) is 0 Å². The van der Waals surface area contributed by atoms with Crippen LogP contribution in [0.2, 0.25) is 0 Å². The lowest BCUT2D eigenvalue weighted by atomic mass is 10.1. The number of fused-ring (bicyclic) bond motifs is 1. The van der Waals surface area contributed by atoms with E-state index in [0.29, 0.717) is 11.1 Å². The predicted octanol–water partition coefficient (Wildman–Crippen LogP) is 1.04. The first-order chi connectivity index (χ1) is 7.95. The molecule has 1 aromatic carbocycles. The van der Waals surface area contributed by atoms with Crippen LogP contribution in [0.1, 0.15) is 21.5 Å². The van der Waals surface area contributed by atoms with Crippen LogP contribution in [0.25, 0.3) is 0 Å². The van der Waals surface area contributed by atoms with Gasteiger partial charge in [-0.3, -0.25) is 0 Å². The SMILES string of the molecule is COC(=O)c1cc2c(cc1C)COCS2(=O)=O. The minimum Gasteiger partial charge on any atom is -0.465 e. The zero-order valence-corrected chi connectivity index (χ0v) is 10.3. The largest absolute Gasteiger partial charge is 0.465 e. The maximum Gasteiger partial charge on any atom is 0.338 e.